The van der Waals surface area contributed by atoms with E-state index < -0.39 is 0 Å². The molecule has 3 N–H and O–H groups in total. The number of rotatable bonds is 6. The van der Waals surface area contributed by atoms with Crippen LogP contribution in [0.3, 0.4) is 0 Å². The molecule has 1 aliphatic rings. The summed E-state index contributed by atoms with van der Waals surface area (Å²) in [6.45, 7) is 1.35. The fraction of sp³-hybridized carbons (Fsp3) is 0.588. The average Bonchev–Trinajstić information content (AvgIpc) is 2.49. The second-order valence-electron chi connectivity index (χ2n) is 6.21. The number of hydrogen-bond acceptors (Lipinski definition) is 4. The Morgan fingerprint density at radius 3 is 2.73 bits per heavy atom. The summed E-state index contributed by atoms with van der Waals surface area (Å²) in [5, 5.41) is 3.11. The summed E-state index contributed by atoms with van der Waals surface area (Å²) in [5.74, 6) is 0.544. The molecule has 0 bridgehead atoms. The van der Waals surface area contributed by atoms with Gasteiger partial charge in [0.1, 0.15) is 12.4 Å². The smallest absolute Gasteiger partial charge is 0.251 e. The minimum absolute atomic E-state index is 0.0376. The zero-order chi connectivity index (χ0) is 15.9. The lowest BCUT2D eigenvalue weighted by Gasteiger charge is -2.23. The molecule has 0 heterocycles. The third-order valence-corrected chi connectivity index (χ3v) is 4.01. The standard InChI is InChI=1S/C17H27N3O2/c1-20(2)10-11-22-16-12-13(8-9-15(16)18)17(21)19-14-6-4-3-5-7-14/h8-9,12,14H,3-7,10-11,18H2,1-2H3,(H,19,21). The van der Waals surface area contributed by atoms with Gasteiger partial charge in [0.2, 0.25) is 0 Å². The molecular formula is C17H27N3O2. The quantitative estimate of drug-likeness (QED) is 0.791. The van der Waals surface area contributed by atoms with Gasteiger partial charge in [-0.1, -0.05) is 19.3 Å². The van der Waals surface area contributed by atoms with Crippen LogP contribution in [0.25, 0.3) is 0 Å². The van der Waals surface area contributed by atoms with Crippen LogP contribution in [0.1, 0.15) is 42.5 Å². The van der Waals surface area contributed by atoms with E-state index in [9.17, 15) is 4.79 Å². The molecule has 5 nitrogen and oxygen atoms in total. The minimum atomic E-state index is -0.0376. The molecule has 1 aromatic carbocycles. The third-order valence-electron chi connectivity index (χ3n) is 4.01. The third kappa shape index (κ3) is 4.91. The van der Waals surface area contributed by atoms with Crippen molar-refractivity contribution in [3.05, 3.63) is 23.8 Å². The van der Waals surface area contributed by atoms with Crippen molar-refractivity contribution in [1.82, 2.24) is 10.2 Å². The Kier molecular flexibility index (Phi) is 6.07. The van der Waals surface area contributed by atoms with E-state index in [4.69, 9.17) is 10.5 Å². The summed E-state index contributed by atoms with van der Waals surface area (Å²) in [5.41, 5.74) is 7.09. The van der Waals surface area contributed by atoms with Gasteiger partial charge in [-0.05, 0) is 45.1 Å². The molecule has 1 amide bonds. The van der Waals surface area contributed by atoms with Gasteiger partial charge in [-0.25, -0.2) is 0 Å². The van der Waals surface area contributed by atoms with Crippen LogP contribution in [0.5, 0.6) is 5.75 Å². The first-order valence-corrected chi connectivity index (χ1v) is 8.04. The second kappa shape index (κ2) is 8.03. The number of nitrogens with zero attached hydrogens (tertiary/aromatic N) is 1. The fourth-order valence-corrected chi connectivity index (χ4v) is 2.65. The lowest BCUT2D eigenvalue weighted by Crippen LogP contribution is -2.36. The van der Waals surface area contributed by atoms with Gasteiger partial charge in [-0.15, -0.1) is 0 Å². The van der Waals surface area contributed by atoms with Gasteiger partial charge in [-0.3, -0.25) is 4.79 Å². The zero-order valence-electron chi connectivity index (χ0n) is 13.6. The van der Waals surface area contributed by atoms with Crippen molar-refractivity contribution in [3.63, 3.8) is 0 Å². The van der Waals surface area contributed by atoms with E-state index in [1.165, 1.54) is 19.3 Å². The van der Waals surface area contributed by atoms with Crippen LogP contribution in [-0.2, 0) is 0 Å². The van der Waals surface area contributed by atoms with Gasteiger partial charge in [0.05, 0.1) is 5.69 Å². The van der Waals surface area contributed by atoms with Gasteiger partial charge in [0, 0.05) is 18.2 Å². The summed E-state index contributed by atoms with van der Waals surface area (Å²) < 4.78 is 5.68. The number of nitrogens with one attached hydrogen (secondary N) is 1. The van der Waals surface area contributed by atoms with Crippen molar-refractivity contribution in [2.45, 2.75) is 38.1 Å². The van der Waals surface area contributed by atoms with Crippen molar-refractivity contribution >= 4 is 11.6 Å². The van der Waals surface area contributed by atoms with E-state index in [1.54, 1.807) is 18.2 Å². The molecule has 1 fully saturated rings. The Bertz CT molecular complexity index is 497. The molecule has 22 heavy (non-hydrogen) atoms. The number of hydrogen-bond donors (Lipinski definition) is 2. The van der Waals surface area contributed by atoms with Crippen LogP contribution < -0.4 is 15.8 Å². The summed E-state index contributed by atoms with van der Waals surface area (Å²) in [6.07, 6.45) is 5.83. The maximum atomic E-state index is 12.3. The highest BCUT2D eigenvalue weighted by Crippen LogP contribution is 2.23. The van der Waals surface area contributed by atoms with Gasteiger partial charge in [0.25, 0.3) is 5.91 Å². The number of nitrogen functional groups attached to an aromatic ring is 1. The van der Waals surface area contributed by atoms with Crippen molar-refractivity contribution in [3.8, 4) is 5.75 Å². The number of amides is 1. The molecule has 0 spiro atoms. The van der Waals surface area contributed by atoms with Crippen LogP contribution in [0.15, 0.2) is 18.2 Å². The fourth-order valence-electron chi connectivity index (χ4n) is 2.65. The summed E-state index contributed by atoms with van der Waals surface area (Å²) in [6, 6.07) is 5.54. The molecule has 5 heteroatoms. The van der Waals surface area contributed by atoms with Crippen molar-refractivity contribution in [1.29, 1.82) is 0 Å². The molecule has 0 aliphatic heterocycles. The summed E-state index contributed by atoms with van der Waals surface area (Å²) in [4.78, 5) is 14.4. The van der Waals surface area contributed by atoms with Crippen LogP contribution in [-0.4, -0.2) is 44.1 Å². The van der Waals surface area contributed by atoms with Crippen LogP contribution in [0.2, 0.25) is 0 Å². The van der Waals surface area contributed by atoms with Crippen molar-refractivity contribution in [2.24, 2.45) is 0 Å². The average molecular weight is 305 g/mol. The van der Waals surface area contributed by atoms with Crippen molar-refractivity contribution in [2.75, 3.05) is 33.0 Å². The topological polar surface area (TPSA) is 67.6 Å². The highest BCUT2D eigenvalue weighted by molar-refractivity contribution is 5.95. The van der Waals surface area contributed by atoms with Crippen LogP contribution >= 0.6 is 0 Å². The van der Waals surface area contributed by atoms with E-state index >= 15 is 0 Å². The Hall–Kier alpha value is -1.75. The van der Waals surface area contributed by atoms with E-state index in [2.05, 4.69) is 5.32 Å². The molecule has 0 atom stereocenters. The number of carbonyl (C=O) groups excluding carboxylic acids is 1. The molecule has 122 valence electrons. The number of anilines is 1. The molecule has 1 saturated carbocycles. The SMILES string of the molecule is CN(C)CCOc1cc(C(=O)NC2CCCCC2)ccc1N. The van der Waals surface area contributed by atoms with Gasteiger partial charge >= 0.3 is 0 Å². The van der Waals surface area contributed by atoms with E-state index in [1.807, 2.05) is 19.0 Å². The lowest BCUT2D eigenvalue weighted by atomic mass is 9.95. The van der Waals surface area contributed by atoms with Crippen LogP contribution in [0, 0.1) is 0 Å². The number of carbonyl (C=O) groups is 1. The van der Waals surface area contributed by atoms with Gasteiger partial charge in [0.15, 0.2) is 0 Å². The molecule has 0 unspecified atom stereocenters. The largest absolute Gasteiger partial charge is 0.490 e. The maximum Gasteiger partial charge on any atom is 0.251 e. The van der Waals surface area contributed by atoms with Crippen molar-refractivity contribution < 1.29 is 9.53 Å². The molecular weight excluding hydrogens is 278 g/mol. The molecule has 1 aliphatic carbocycles. The normalized spacial score (nSPS) is 15.8. The molecule has 0 radical (unpaired) electrons. The van der Waals surface area contributed by atoms with Crippen LogP contribution in [0.4, 0.5) is 5.69 Å². The second-order valence-corrected chi connectivity index (χ2v) is 6.21. The van der Waals surface area contributed by atoms with Gasteiger partial charge in [-0.2, -0.15) is 0 Å². The lowest BCUT2D eigenvalue weighted by molar-refractivity contribution is 0.0927. The molecule has 0 saturated heterocycles. The van der Waals surface area contributed by atoms with E-state index in [0.717, 1.165) is 19.4 Å². The summed E-state index contributed by atoms with van der Waals surface area (Å²) in [7, 11) is 3.97. The zero-order valence-corrected chi connectivity index (χ0v) is 13.6. The number of benzene rings is 1. The Balaban J connectivity index is 1.96. The monoisotopic (exact) mass is 305 g/mol. The highest BCUT2D eigenvalue weighted by atomic mass is 16.5. The van der Waals surface area contributed by atoms with Gasteiger partial charge < -0.3 is 20.7 Å². The predicted molar refractivity (Wildman–Crippen MR) is 89.2 cm³/mol. The predicted octanol–water partition coefficient (Wildman–Crippen LogP) is 2.27. The molecule has 1 aromatic rings. The first kappa shape index (κ1) is 16.6. The Morgan fingerprint density at radius 1 is 1.32 bits per heavy atom. The highest BCUT2D eigenvalue weighted by Gasteiger charge is 2.17. The minimum Gasteiger partial charge on any atom is -0.490 e. The van der Waals surface area contributed by atoms with E-state index in [-0.39, 0.29) is 5.91 Å². The first-order chi connectivity index (χ1) is 10.6. The van der Waals surface area contributed by atoms with E-state index in [0.29, 0.717) is 29.6 Å². The maximum absolute atomic E-state index is 12.3. The Morgan fingerprint density at radius 2 is 2.05 bits per heavy atom. The Labute approximate surface area is 132 Å². The first-order valence-electron chi connectivity index (χ1n) is 8.04. The molecule has 2 rings (SSSR count). The number of nitrogens with two attached hydrogens (primary N) is 1. The molecule has 0 aromatic heterocycles. The summed E-state index contributed by atoms with van der Waals surface area (Å²) >= 11 is 0. The number of likely N-dealkylation sites (N-methyl/N-ethyl adjacent to an activating group) is 1. The number of ether oxygens (including phenoxy) is 1.